The molecule has 0 radical (unpaired) electrons. The standard InChI is InChI=1S/C19H38N2O6S/c1-3-4-16(2)19(23)17(15-28)21-18(22)5-7-24-9-11-26-13-14-27-12-10-25-8-6-20/h16-17,28H,3-15,20H2,1-2H3,(H,21,22)/t16-,17?/m0/s1. The van der Waals surface area contributed by atoms with Gasteiger partial charge in [-0.2, -0.15) is 12.6 Å². The zero-order chi connectivity index (χ0) is 21.0. The SMILES string of the molecule is CCC[C@H](C)C(=O)C(CS)NC(=O)CCOCCOCCOCCOCCN. The third-order valence-electron chi connectivity index (χ3n) is 3.92. The summed E-state index contributed by atoms with van der Waals surface area (Å²) in [6, 6.07) is -0.540. The second-order valence-corrected chi connectivity index (χ2v) is 6.75. The highest BCUT2D eigenvalue weighted by Crippen LogP contribution is 2.10. The number of nitrogens with two attached hydrogens (primary N) is 1. The fourth-order valence-electron chi connectivity index (χ4n) is 2.40. The van der Waals surface area contributed by atoms with Gasteiger partial charge in [-0.25, -0.2) is 0 Å². The van der Waals surface area contributed by atoms with Crippen molar-refractivity contribution < 1.29 is 28.5 Å². The van der Waals surface area contributed by atoms with E-state index in [1.807, 2.05) is 13.8 Å². The molecule has 0 aromatic rings. The van der Waals surface area contributed by atoms with E-state index in [0.717, 1.165) is 12.8 Å². The Balaban J connectivity index is 3.59. The number of ether oxygens (including phenoxy) is 4. The Labute approximate surface area is 174 Å². The lowest BCUT2D eigenvalue weighted by Crippen LogP contribution is -2.44. The van der Waals surface area contributed by atoms with E-state index in [1.54, 1.807) is 0 Å². The normalized spacial score (nSPS) is 13.3. The summed E-state index contributed by atoms with van der Waals surface area (Å²) in [5.41, 5.74) is 5.30. The van der Waals surface area contributed by atoms with Crippen LogP contribution in [0.4, 0.5) is 0 Å². The summed E-state index contributed by atoms with van der Waals surface area (Å²) in [4.78, 5) is 24.2. The summed E-state index contributed by atoms with van der Waals surface area (Å²) in [6.07, 6.45) is 1.95. The first kappa shape index (κ1) is 27.3. The van der Waals surface area contributed by atoms with E-state index in [-0.39, 0.29) is 30.6 Å². The summed E-state index contributed by atoms with van der Waals surface area (Å²) < 4.78 is 21.2. The van der Waals surface area contributed by atoms with Gasteiger partial charge in [-0.15, -0.1) is 0 Å². The Morgan fingerprint density at radius 3 is 1.89 bits per heavy atom. The van der Waals surface area contributed by atoms with Crippen molar-refractivity contribution in [1.82, 2.24) is 5.32 Å². The molecule has 0 aliphatic carbocycles. The van der Waals surface area contributed by atoms with Crippen molar-refractivity contribution in [2.24, 2.45) is 11.7 Å². The van der Waals surface area contributed by atoms with Crippen LogP contribution >= 0.6 is 12.6 Å². The maximum Gasteiger partial charge on any atom is 0.222 e. The molecule has 0 aromatic carbocycles. The van der Waals surface area contributed by atoms with Gasteiger partial charge in [-0.3, -0.25) is 9.59 Å². The molecule has 0 aromatic heterocycles. The van der Waals surface area contributed by atoms with Crippen LogP contribution in [0, 0.1) is 5.92 Å². The van der Waals surface area contributed by atoms with Crippen LogP contribution in [-0.4, -0.2) is 82.9 Å². The number of hydrogen-bond acceptors (Lipinski definition) is 8. The second kappa shape index (κ2) is 19.6. The molecule has 9 heteroatoms. The molecular formula is C19H38N2O6S. The topological polar surface area (TPSA) is 109 Å². The Morgan fingerprint density at radius 1 is 0.929 bits per heavy atom. The molecule has 0 saturated carbocycles. The molecule has 0 rings (SSSR count). The number of carbonyl (C=O) groups excluding carboxylic acids is 2. The highest BCUT2D eigenvalue weighted by Gasteiger charge is 2.23. The minimum absolute atomic E-state index is 0.0349. The Kier molecular flexibility index (Phi) is 19.1. The first-order chi connectivity index (χ1) is 13.6. The van der Waals surface area contributed by atoms with E-state index in [2.05, 4.69) is 17.9 Å². The molecule has 0 spiro atoms. The van der Waals surface area contributed by atoms with Gasteiger partial charge < -0.3 is 30.0 Å². The zero-order valence-corrected chi connectivity index (χ0v) is 18.2. The lowest BCUT2D eigenvalue weighted by atomic mass is 9.96. The molecule has 166 valence electrons. The molecular weight excluding hydrogens is 384 g/mol. The van der Waals surface area contributed by atoms with Crippen molar-refractivity contribution in [2.45, 2.75) is 39.2 Å². The maximum atomic E-state index is 12.3. The largest absolute Gasteiger partial charge is 0.379 e. The molecule has 1 amide bonds. The smallest absolute Gasteiger partial charge is 0.222 e. The Bertz CT molecular complexity index is 401. The summed E-state index contributed by atoms with van der Waals surface area (Å²) >= 11 is 4.18. The van der Waals surface area contributed by atoms with Gasteiger partial charge in [-0.05, 0) is 6.42 Å². The summed E-state index contributed by atoms with van der Waals surface area (Å²) in [5.74, 6) is 0.0578. The minimum atomic E-state index is -0.540. The lowest BCUT2D eigenvalue weighted by Gasteiger charge is -2.19. The Hall–Kier alpha value is -0.710. The van der Waals surface area contributed by atoms with Gasteiger partial charge in [0.15, 0.2) is 5.78 Å². The molecule has 28 heavy (non-hydrogen) atoms. The van der Waals surface area contributed by atoms with Crippen LogP contribution in [0.3, 0.4) is 0 Å². The molecule has 0 aliphatic rings. The maximum absolute atomic E-state index is 12.3. The fraction of sp³-hybridized carbons (Fsp3) is 0.895. The quantitative estimate of drug-likeness (QED) is 0.197. The number of carbonyl (C=O) groups is 2. The van der Waals surface area contributed by atoms with Gasteiger partial charge in [-0.1, -0.05) is 20.3 Å². The van der Waals surface area contributed by atoms with Gasteiger partial charge in [0, 0.05) is 24.6 Å². The lowest BCUT2D eigenvalue weighted by molar-refractivity contribution is -0.129. The molecule has 8 nitrogen and oxygen atoms in total. The van der Waals surface area contributed by atoms with Gasteiger partial charge in [0.2, 0.25) is 5.91 Å². The van der Waals surface area contributed by atoms with Crippen molar-refractivity contribution >= 4 is 24.3 Å². The van der Waals surface area contributed by atoms with Gasteiger partial charge in [0.25, 0.3) is 0 Å². The first-order valence-electron chi connectivity index (χ1n) is 10.0. The molecule has 0 fully saturated rings. The van der Waals surface area contributed by atoms with Crippen LogP contribution in [0.15, 0.2) is 0 Å². The van der Waals surface area contributed by atoms with E-state index in [1.165, 1.54) is 0 Å². The third kappa shape index (κ3) is 15.2. The monoisotopic (exact) mass is 422 g/mol. The van der Waals surface area contributed by atoms with Crippen LogP contribution in [0.5, 0.6) is 0 Å². The van der Waals surface area contributed by atoms with E-state index in [4.69, 9.17) is 24.7 Å². The van der Waals surface area contributed by atoms with Crippen LogP contribution in [0.25, 0.3) is 0 Å². The number of thiol groups is 1. The summed E-state index contributed by atoms with van der Waals surface area (Å²) in [5, 5.41) is 2.74. The van der Waals surface area contributed by atoms with Crippen molar-refractivity contribution in [3.8, 4) is 0 Å². The number of rotatable bonds is 20. The second-order valence-electron chi connectivity index (χ2n) is 6.38. The molecule has 0 heterocycles. The van der Waals surface area contributed by atoms with Crippen molar-refractivity contribution in [3.63, 3.8) is 0 Å². The predicted octanol–water partition coefficient (Wildman–Crippen LogP) is 0.822. The molecule has 0 saturated heterocycles. The molecule has 0 bridgehead atoms. The molecule has 0 aliphatic heterocycles. The number of hydrogen-bond donors (Lipinski definition) is 3. The van der Waals surface area contributed by atoms with Crippen molar-refractivity contribution in [3.05, 3.63) is 0 Å². The number of amides is 1. The van der Waals surface area contributed by atoms with Crippen molar-refractivity contribution in [2.75, 3.05) is 65.2 Å². The predicted molar refractivity (Wildman–Crippen MR) is 112 cm³/mol. The number of nitrogens with one attached hydrogen (secondary N) is 1. The zero-order valence-electron chi connectivity index (χ0n) is 17.3. The highest BCUT2D eigenvalue weighted by molar-refractivity contribution is 7.80. The van der Waals surface area contributed by atoms with E-state index < -0.39 is 6.04 Å². The summed E-state index contributed by atoms with van der Waals surface area (Å²) in [7, 11) is 0. The average Bonchev–Trinajstić information content (AvgIpc) is 2.69. The summed E-state index contributed by atoms with van der Waals surface area (Å²) in [6.45, 7) is 8.09. The first-order valence-corrected chi connectivity index (χ1v) is 10.6. The van der Waals surface area contributed by atoms with Crippen molar-refractivity contribution in [1.29, 1.82) is 0 Å². The molecule has 3 N–H and O–H groups in total. The van der Waals surface area contributed by atoms with E-state index in [9.17, 15) is 9.59 Å². The van der Waals surface area contributed by atoms with Gasteiger partial charge >= 0.3 is 0 Å². The Morgan fingerprint density at radius 2 is 1.43 bits per heavy atom. The number of Topliss-reactive ketones (excluding diaryl/α,β-unsaturated/α-hetero) is 1. The fourth-order valence-corrected chi connectivity index (χ4v) is 2.67. The van der Waals surface area contributed by atoms with Gasteiger partial charge in [0.1, 0.15) is 0 Å². The molecule has 2 atom stereocenters. The average molecular weight is 423 g/mol. The highest BCUT2D eigenvalue weighted by atomic mass is 32.1. The van der Waals surface area contributed by atoms with Crippen LogP contribution in [0.1, 0.15) is 33.1 Å². The van der Waals surface area contributed by atoms with Crippen LogP contribution in [0.2, 0.25) is 0 Å². The van der Waals surface area contributed by atoms with E-state index in [0.29, 0.717) is 58.5 Å². The number of ketones is 1. The van der Waals surface area contributed by atoms with Crippen LogP contribution in [-0.2, 0) is 28.5 Å². The van der Waals surface area contributed by atoms with Crippen LogP contribution < -0.4 is 11.1 Å². The third-order valence-corrected chi connectivity index (χ3v) is 4.29. The van der Waals surface area contributed by atoms with E-state index >= 15 is 0 Å². The molecule has 1 unspecified atom stereocenters. The van der Waals surface area contributed by atoms with Gasteiger partial charge in [0.05, 0.1) is 58.9 Å². The minimum Gasteiger partial charge on any atom is -0.379 e.